The average molecular weight is 383 g/mol. The Morgan fingerprint density at radius 1 is 0.607 bits per heavy atom. The fourth-order valence-electron chi connectivity index (χ4n) is 4.09. The van der Waals surface area contributed by atoms with Gasteiger partial charge in [-0.15, -0.1) is 0 Å². The normalized spacial score (nSPS) is 11.8. The van der Waals surface area contributed by atoms with Gasteiger partial charge < -0.3 is 0 Å². The van der Waals surface area contributed by atoms with Gasteiger partial charge in [-0.2, -0.15) is 0 Å². The van der Waals surface area contributed by atoms with E-state index in [0.717, 1.165) is 16.4 Å². The van der Waals surface area contributed by atoms with Gasteiger partial charge in [-0.1, -0.05) is 67.2 Å². The van der Waals surface area contributed by atoms with Gasteiger partial charge in [0.2, 0.25) is 0 Å². The van der Waals surface area contributed by atoms with Crippen LogP contribution in [0.5, 0.6) is 0 Å². The molecule has 0 spiro atoms. The van der Waals surface area contributed by atoms with Crippen molar-refractivity contribution in [1.82, 2.24) is 9.97 Å². The summed E-state index contributed by atoms with van der Waals surface area (Å²) in [6, 6.07) is 21.6. The Morgan fingerprint density at radius 3 is 1.57 bits per heavy atom. The molecule has 3 heteroatoms. The average Bonchev–Trinajstić information content (AvgIpc) is 2.76. The molecule has 0 aliphatic heterocycles. The summed E-state index contributed by atoms with van der Waals surface area (Å²) in [4.78, 5) is 10.2. The van der Waals surface area contributed by atoms with E-state index in [1.54, 1.807) is 0 Å². The van der Waals surface area contributed by atoms with Gasteiger partial charge in [-0.3, -0.25) is 9.97 Å². The fourth-order valence-corrected chi connectivity index (χ4v) is 7.39. The number of aromatic nitrogens is 2. The van der Waals surface area contributed by atoms with Crippen molar-refractivity contribution in [2.45, 2.75) is 34.2 Å². The van der Waals surface area contributed by atoms with Crippen LogP contribution >= 0.6 is 0 Å². The summed E-state index contributed by atoms with van der Waals surface area (Å²) in [7, 11) is -2.24. The van der Waals surface area contributed by atoms with Crippen molar-refractivity contribution in [2.24, 2.45) is 0 Å². The van der Waals surface area contributed by atoms with Crippen LogP contribution in [-0.2, 0) is 0 Å². The molecule has 0 amide bonds. The van der Waals surface area contributed by atoms with Gasteiger partial charge >= 0.3 is 0 Å². The third-order valence-electron chi connectivity index (χ3n) is 6.38. The second-order valence-corrected chi connectivity index (χ2v) is 11.7. The van der Waals surface area contributed by atoms with Crippen molar-refractivity contribution in [3.05, 3.63) is 89.1 Å². The number of aryl methyl sites for hydroxylation is 2. The molecule has 0 radical (unpaired) electrons. The van der Waals surface area contributed by atoms with Gasteiger partial charge in [0.15, 0.2) is 8.07 Å². The van der Waals surface area contributed by atoms with Crippen molar-refractivity contribution in [3.8, 4) is 0 Å². The number of hydrogen-bond acceptors (Lipinski definition) is 2. The van der Waals surface area contributed by atoms with Crippen molar-refractivity contribution in [1.29, 1.82) is 0 Å². The highest BCUT2D eigenvalue weighted by molar-refractivity contribution is 7.10. The van der Waals surface area contributed by atoms with Gasteiger partial charge in [0, 0.05) is 6.20 Å². The maximum absolute atomic E-state index is 5.26. The summed E-state index contributed by atoms with van der Waals surface area (Å²) in [5, 5.41) is 3.82. The van der Waals surface area contributed by atoms with Crippen LogP contribution in [0.3, 0.4) is 0 Å². The molecule has 0 aliphatic rings. The van der Waals surface area contributed by atoms with Crippen molar-refractivity contribution in [2.75, 3.05) is 0 Å². The Bertz CT molecular complexity index is 1110. The molecule has 0 saturated carbocycles. The first kappa shape index (κ1) is 18.6. The number of nitrogens with zero attached hydrogens (tertiary/aromatic N) is 2. The number of fused-ring (bicyclic) bond motifs is 1. The van der Waals surface area contributed by atoms with Gasteiger partial charge in [0.1, 0.15) is 0 Å². The molecular formula is C25H26N2Si. The van der Waals surface area contributed by atoms with E-state index in [4.69, 9.17) is 9.97 Å². The second-order valence-electron chi connectivity index (χ2n) is 7.81. The lowest BCUT2D eigenvalue weighted by Crippen LogP contribution is -2.65. The van der Waals surface area contributed by atoms with Gasteiger partial charge in [0.05, 0.1) is 16.4 Å². The molecule has 0 N–H and O–H groups in total. The molecule has 1 aromatic heterocycles. The zero-order valence-corrected chi connectivity index (χ0v) is 18.2. The highest BCUT2D eigenvalue weighted by Crippen LogP contribution is 2.25. The van der Waals surface area contributed by atoms with E-state index in [9.17, 15) is 0 Å². The number of rotatable bonds is 3. The minimum Gasteiger partial charge on any atom is -0.253 e. The molecule has 1 heterocycles. The van der Waals surface area contributed by atoms with Crippen LogP contribution in [0.15, 0.2) is 66.9 Å². The second kappa shape index (κ2) is 6.99. The van der Waals surface area contributed by atoms with Crippen molar-refractivity contribution in [3.63, 3.8) is 0 Å². The van der Waals surface area contributed by atoms with E-state index < -0.39 is 8.07 Å². The van der Waals surface area contributed by atoms with Gasteiger partial charge in [-0.25, -0.2) is 0 Å². The standard InChI is InChI=1S/C25H26N2Si/c1-17-18(2)20(4)25-24(19(17)3)26-16-23(27-25)28(5,21-12-8-6-9-13-21)22-14-10-7-11-15-22/h6-16H,1-5H3. The zero-order chi connectivity index (χ0) is 19.9. The summed E-state index contributed by atoms with van der Waals surface area (Å²) in [6.07, 6.45) is 2.02. The number of benzene rings is 3. The molecule has 4 aromatic rings. The van der Waals surface area contributed by atoms with Crippen LogP contribution < -0.4 is 15.7 Å². The molecule has 3 aromatic carbocycles. The summed E-state index contributed by atoms with van der Waals surface area (Å²) in [5.74, 6) is 0. The van der Waals surface area contributed by atoms with Crippen molar-refractivity contribution < 1.29 is 0 Å². The number of hydrogen-bond donors (Lipinski definition) is 0. The monoisotopic (exact) mass is 382 g/mol. The van der Waals surface area contributed by atoms with Crippen LogP contribution in [0.4, 0.5) is 0 Å². The third kappa shape index (κ3) is 2.78. The minimum absolute atomic E-state index is 1.03. The molecule has 0 fully saturated rings. The Morgan fingerprint density at radius 2 is 1.07 bits per heavy atom. The van der Waals surface area contributed by atoms with Crippen molar-refractivity contribution >= 4 is 34.8 Å². The third-order valence-corrected chi connectivity index (χ3v) is 10.6. The first-order chi connectivity index (χ1) is 13.4. The lowest BCUT2D eigenvalue weighted by Gasteiger charge is -2.28. The molecule has 0 saturated heterocycles. The Kier molecular flexibility index (Phi) is 4.64. The minimum atomic E-state index is -2.24. The lowest BCUT2D eigenvalue weighted by atomic mass is 9.97. The largest absolute Gasteiger partial charge is 0.253 e. The van der Waals surface area contributed by atoms with Crippen LogP contribution in [0.1, 0.15) is 22.3 Å². The summed E-state index contributed by atoms with van der Waals surface area (Å²) in [6.45, 7) is 11.1. The molecule has 0 bridgehead atoms. The smallest absolute Gasteiger partial charge is 0.170 e. The first-order valence-corrected chi connectivity index (χ1v) is 12.3. The fraction of sp³-hybridized carbons (Fsp3) is 0.200. The highest BCUT2D eigenvalue weighted by atomic mass is 28.3. The Hall–Kier alpha value is -2.78. The van der Waals surface area contributed by atoms with Crippen LogP contribution in [0.25, 0.3) is 11.0 Å². The summed E-state index contributed by atoms with van der Waals surface area (Å²) in [5.41, 5.74) is 7.19. The van der Waals surface area contributed by atoms with E-state index in [1.165, 1.54) is 32.6 Å². The molecule has 140 valence electrons. The predicted octanol–water partition coefficient (Wildman–Crippen LogP) is 3.96. The summed E-state index contributed by atoms with van der Waals surface area (Å²) >= 11 is 0. The predicted molar refractivity (Wildman–Crippen MR) is 122 cm³/mol. The molecular weight excluding hydrogens is 356 g/mol. The van der Waals surface area contributed by atoms with Crippen LogP contribution in [0.2, 0.25) is 6.55 Å². The SMILES string of the molecule is Cc1c(C)c(C)c2nc([Si](C)(c3ccccc3)c3ccccc3)cnc2c1C. The first-order valence-electron chi connectivity index (χ1n) is 9.79. The maximum Gasteiger partial charge on any atom is 0.170 e. The summed E-state index contributed by atoms with van der Waals surface area (Å²) < 4.78 is 0. The van der Waals surface area contributed by atoms with E-state index in [-0.39, 0.29) is 0 Å². The van der Waals surface area contributed by atoms with E-state index >= 15 is 0 Å². The Labute approximate surface area is 168 Å². The van der Waals surface area contributed by atoms with Crippen LogP contribution in [-0.4, -0.2) is 18.0 Å². The molecule has 0 aliphatic carbocycles. The van der Waals surface area contributed by atoms with E-state index in [2.05, 4.69) is 94.9 Å². The molecule has 0 atom stereocenters. The Balaban J connectivity index is 2.04. The van der Waals surface area contributed by atoms with Gasteiger partial charge in [0.25, 0.3) is 0 Å². The maximum atomic E-state index is 5.26. The highest BCUT2D eigenvalue weighted by Gasteiger charge is 2.36. The molecule has 4 rings (SSSR count). The topological polar surface area (TPSA) is 25.8 Å². The van der Waals surface area contributed by atoms with E-state index in [1.807, 2.05) is 6.20 Å². The molecule has 28 heavy (non-hydrogen) atoms. The molecule has 2 nitrogen and oxygen atoms in total. The van der Waals surface area contributed by atoms with Crippen LogP contribution in [0, 0.1) is 27.7 Å². The lowest BCUT2D eigenvalue weighted by molar-refractivity contribution is 1.20. The zero-order valence-electron chi connectivity index (χ0n) is 17.2. The molecule has 0 unspecified atom stereocenters. The quantitative estimate of drug-likeness (QED) is 0.501. The van der Waals surface area contributed by atoms with E-state index in [0.29, 0.717) is 0 Å². The van der Waals surface area contributed by atoms with Gasteiger partial charge in [-0.05, 0) is 60.3 Å².